The second kappa shape index (κ2) is 3.33. The van der Waals surface area contributed by atoms with E-state index in [4.69, 9.17) is 4.42 Å². The molecule has 2 heteroatoms. The van der Waals surface area contributed by atoms with Crippen molar-refractivity contribution in [3.05, 3.63) is 42.3 Å². The molecule has 3 rings (SSSR count). The number of rotatable bonds is 0. The van der Waals surface area contributed by atoms with Crippen LogP contribution >= 0.6 is 0 Å². The Hall–Kier alpha value is -1.83. The second-order valence-electron chi connectivity index (χ2n) is 5.41. The van der Waals surface area contributed by atoms with Crippen molar-refractivity contribution in [3.63, 3.8) is 0 Å². The SMILES string of the molecule is CC(C)(C)c1cc2c(cnc3ccccc32)o1. The first kappa shape index (κ1) is 10.3. The van der Waals surface area contributed by atoms with Crippen molar-refractivity contribution >= 4 is 21.9 Å². The highest BCUT2D eigenvalue weighted by atomic mass is 16.3. The number of nitrogens with zero attached hydrogens (tertiary/aromatic N) is 1. The minimum absolute atomic E-state index is 0.0279. The van der Waals surface area contributed by atoms with Gasteiger partial charge in [0.1, 0.15) is 5.76 Å². The molecule has 2 aromatic heterocycles. The lowest BCUT2D eigenvalue weighted by atomic mass is 9.93. The highest BCUT2D eigenvalue weighted by Gasteiger charge is 2.19. The standard InChI is InChI=1S/C15H15NO/c1-15(2,3)14-8-11-10-6-4-5-7-12(10)16-9-13(11)17-14/h4-9H,1-3H3. The van der Waals surface area contributed by atoms with Crippen LogP contribution in [0.15, 0.2) is 40.9 Å². The fourth-order valence-corrected chi connectivity index (χ4v) is 2.02. The van der Waals surface area contributed by atoms with E-state index in [0.717, 1.165) is 27.6 Å². The van der Waals surface area contributed by atoms with Gasteiger partial charge in [-0.3, -0.25) is 4.98 Å². The molecule has 0 atom stereocenters. The van der Waals surface area contributed by atoms with Crippen LogP contribution in [0.25, 0.3) is 21.9 Å². The molecule has 86 valence electrons. The van der Waals surface area contributed by atoms with Gasteiger partial charge in [-0.05, 0) is 12.1 Å². The summed E-state index contributed by atoms with van der Waals surface area (Å²) >= 11 is 0. The van der Waals surface area contributed by atoms with Gasteiger partial charge in [-0.2, -0.15) is 0 Å². The van der Waals surface area contributed by atoms with Gasteiger partial charge >= 0.3 is 0 Å². The highest BCUT2D eigenvalue weighted by molar-refractivity contribution is 6.03. The molecule has 0 spiro atoms. The molecule has 0 saturated heterocycles. The molecule has 0 N–H and O–H groups in total. The van der Waals surface area contributed by atoms with Gasteiger partial charge in [0, 0.05) is 16.2 Å². The van der Waals surface area contributed by atoms with E-state index >= 15 is 0 Å². The Kier molecular flexibility index (Phi) is 2.02. The van der Waals surface area contributed by atoms with E-state index < -0.39 is 0 Å². The molecule has 2 nitrogen and oxygen atoms in total. The summed E-state index contributed by atoms with van der Waals surface area (Å²) < 4.78 is 5.88. The Morgan fingerprint density at radius 2 is 1.82 bits per heavy atom. The zero-order valence-corrected chi connectivity index (χ0v) is 10.3. The zero-order chi connectivity index (χ0) is 12.0. The monoisotopic (exact) mass is 225 g/mol. The van der Waals surface area contributed by atoms with Gasteiger partial charge in [0.2, 0.25) is 0 Å². The summed E-state index contributed by atoms with van der Waals surface area (Å²) in [5.74, 6) is 1.01. The van der Waals surface area contributed by atoms with Gasteiger partial charge in [-0.15, -0.1) is 0 Å². The summed E-state index contributed by atoms with van der Waals surface area (Å²) in [5, 5.41) is 2.31. The first-order valence-corrected chi connectivity index (χ1v) is 5.83. The molecule has 0 fully saturated rings. The lowest BCUT2D eigenvalue weighted by molar-refractivity contribution is 0.430. The van der Waals surface area contributed by atoms with Crippen molar-refractivity contribution in [3.8, 4) is 0 Å². The minimum Gasteiger partial charge on any atom is -0.459 e. The average Bonchev–Trinajstić information content (AvgIpc) is 2.72. The van der Waals surface area contributed by atoms with Gasteiger partial charge in [0.15, 0.2) is 5.58 Å². The Balaban J connectivity index is 2.39. The second-order valence-corrected chi connectivity index (χ2v) is 5.41. The predicted octanol–water partition coefficient (Wildman–Crippen LogP) is 4.28. The maximum absolute atomic E-state index is 5.88. The summed E-state index contributed by atoms with van der Waals surface area (Å²) in [4.78, 5) is 4.41. The van der Waals surface area contributed by atoms with E-state index in [-0.39, 0.29) is 5.41 Å². The van der Waals surface area contributed by atoms with Crippen molar-refractivity contribution < 1.29 is 4.42 Å². The molecule has 3 aromatic rings. The third-order valence-corrected chi connectivity index (χ3v) is 3.02. The third kappa shape index (κ3) is 1.60. The van der Waals surface area contributed by atoms with Gasteiger partial charge < -0.3 is 4.42 Å². The van der Waals surface area contributed by atoms with Crippen molar-refractivity contribution in [1.29, 1.82) is 0 Å². The maximum atomic E-state index is 5.88. The van der Waals surface area contributed by atoms with Gasteiger partial charge in [-0.25, -0.2) is 0 Å². The first-order valence-electron chi connectivity index (χ1n) is 5.83. The van der Waals surface area contributed by atoms with Crippen LogP contribution in [-0.2, 0) is 5.41 Å². The van der Waals surface area contributed by atoms with Crippen LogP contribution in [0.4, 0.5) is 0 Å². The Bertz CT molecular complexity index is 689. The van der Waals surface area contributed by atoms with E-state index in [0.29, 0.717) is 0 Å². The quantitative estimate of drug-likeness (QED) is 0.570. The zero-order valence-electron chi connectivity index (χ0n) is 10.3. The normalized spacial score (nSPS) is 12.4. The van der Waals surface area contributed by atoms with E-state index in [9.17, 15) is 0 Å². The summed E-state index contributed by atoms with van der Waals surface area (Å²) in [5.41, 5.74) is 1.91. The summed E-state index contributed by atoms with van der Waals surface area (Å²) in [6, 6.07) is 10.3. The van der Waals surface area contributed by atoms with Gasteiger partial charge in [0.25, 0.3) is 0 Å². The predicted molar refractivity (Wildman–Crippen MR) is 70.2 cm³/mol. The number of aromatic nitrogens is 1. The molecule has 0 amide bonds. The van der Waals surface area contributed by atoms with Crippen LogP contribution in [0.1, 0.15) is 26.5 Å². The van der Waals surface area contributed by atoms with Crippen LogP contribution in [0.5, 0.6) is 0 Å². The lowest BCUT2D eigenvalue weighted by Gasteiger charge is -2.13. The van der Waals surface area contributed by atoms with Crippen LogP contribution in [0.2, 0.25) is 0 Å². The van der Waals surface area contributed by atoms with Crippen molar-refractivity contribution in [2.24, 2.45) is 0 Å². The van der Waals surface area contributed by atoms with Crippen molar-refractivity contribution in [1.82, 2.24) is 4.98 Å². The number of para-hydroxylation sites is 1. The molecule has 2 heterocycles. The van der Waals surface area contributed by atoms with E-state index in [1.165, 1.54) is 0 Å². The minimum atomic E-state index is 0.0279. The molecule has 1 aromatic carbocycles. The number of hydrogen-bond donors (Lipinski definition) is 0. The molecular formula is C15H15NO. The molecule has 0 unspecified atom stereocenters. The molecule has 0 aliphatic carbocycles. The van der Waals surface area contributed by atoms with Crippen LogP contribution in [-0.4, -0.2) is 4.98 Å². The topological polar surface area (TPSA) is 26.0 Å². The molecule has 17 heavy (non-hydrogen) atoms. The van der Waals surface area contributed by atoms with E-state index in [1.54, 1.807) is 0 Å². The fourth-order valence-electron chi connectivity index (χ4n) is 2.02. The van der Waals surface area contributed by atoms with Crippen molar-refractivity contribution in [2.45, 2.75) is 26.2 Å². The number of hydrogen-bond acceptors (Lipinski definition) is 2. The number of furan rings is 1. The van der Waals surface area contributed by atoms with Crippen molar-refractivity contribution in [2.75, 3.05) is 0 Å². The number of benzene rings is 1. The first-order chi connectivity index (χ1) is 8.05. The molecule has 0 radical (unpaired) electrons. The summed E-state index contributed by atoms with van der Waals surface area (Å²) in [6.45, 7) is 6.46. The fraction of sp³-hybridized carbons (Fsp3) is 0.267. The van der Waals surface area contributed by atoms with E-state index in [1.807, 2.05) is 24.4 Å². The smallest absolute Gasteiger partial charge is 0.153 e. The van der Waals surface area contributed by atoms with Gasteiger partial charge in [-0.1, -0.05) is 39.0 Å². The molecule has 0 aliphatic heterocycles. The van der Waals surface area contributed by atoms with Crippen LogP contribution < -0.4 is 0 Å². The number of pyridine rings is 1. The molecular weight excluding hydrogens is 210 g/mol. The average molecular weight is 225 g/mol. The van der Waals surface area contributed by atoms with Crippen LogP contribution in [0.3, 0.4) is 0 Å². The number of fused-ring (bicyclic) bond motifs is 3. The third-order valence-electron chi connectivity index (χ3n) is 3.02. The van der Waals surface area contributed by atoms with E-state index in [2.05, 4.69) is 37.9 Å². The highest BCUT2D eigenvalue weighted by Crippen LogP contribution is 2.32. The molecule has 0 bridgehead atoms. The van der Waals surface area contributed by atoms with Crippen LogP contribution in [0, 0.1) is 0 Å². The summed E-state index contributed by atoms with van der Waals surface area (Å²) in [7, 11) is 0. The Labute approximate surface area is 100 Å². The lowest BCUT2D eigenvalue weighted by Crippen LogP contribution is -2.08. The molecule has 0 saturated carbocycles. The summed E-state index contributed by atoms with van der Waals surface area (Å²) in [6.07, 6.45) is 1.81. The maximum Gasteiger partial charge on any atom is 0.153 e. The largest absolute Gasteiger partial charge is 0.459 e. The Morgan fingerprint density at radius 3 is 2.59 bits per heavy atom. The Morgan fingerprint density at radius 1 is 1.06 bits per heavy atom. The van der Waals surface area contributed by atoms with Gasteiger partial charge in [0.05, 0.1) is 11.7 Å². The molecule has 0 aliphatic rings.